The molecule has 0 saturated heterocycles. The number of hydrogen-bond acceptors (Lipinski definition) is 4. The Hall–Kier alpha value is -1.42. The van der Waals surface area contributed by atoms with Gasteiger partial charge < -0.3 is 19.9 Å². The molecule has 0 atom stereocenters. The molecule has 0 saturated carbocycles. The van der Waals surface area contributed by atoms with Gasteiger partial charge in [0.05, 0.1) is 21.3 Å². The predicted molar refractivity (Wildman–Crippen MR) is 68.1 cm³/mol. The van der Waals surface area contributed by atoms with Crippen molar-refractivity contribution in [3.63, 3.8) is 0 Å². The zero-order valence-corrected chi connectivity index (χ0v) is 11.2. The van der Waals surface area contributed by atoms with Crippen LogP contribution in [0.3, 0.4) is 0 Å². The Labute approximate surface area is 103 Å². The number of benzene rings is 1. The maximum Gasteiger partial charge on any atom is 0.203 e. The minimum absolute atomic E-state index is 0.273. The third kappa shape index (κ3) is 3.53. The topological polar surface area (TPSA) is 53.7 Å². The number of methoxy groups -OCH3 is 3. The van der Waals surface area contributed by atoms with Gasteiger partial charge in [0.2, 0.25) is 5.75 Å². The predicted octanol–water partition coefficient (Wildman–Crippen LogP) is 1.99. The molecule has 0 radical (unpaired) electrons. The third-order valence-corrected chi connectivity index (χ3v) is 2.38. The smallest absolute Gasteiger partial charge is 0.203 e. The van der Waals surface area contributed by atoms with Crippen LogP contribution >= 0.6 is 0 Å². The van der Waals surface area contributed by atoms with Crippen molar-refractivity contribution in [1.82, 2.24) is 0 Å². The zero-order valence-electron chi connectivity index (χ0n) is 11.2. The first kappa shape index (κ1) is 13.6. The molecule has 0 unspecified atom stereocenters. The van der Waals surface area contributed by atoms with Crippen LogP contribution in [0.1, 0.15) is 19.4 Å². The van der Waals surface area contributed by atoms with Gasteiger partial charge in [0, 0.05) is 5.54 Å². The molecule has 0 aliphatic rings. The van der Waals surface area contributed by atoms with Gasteiger partial charge in [-0.2, -0.15) is 0 Å². The molecule has 0 aromatic heterocycles. The standard InChI is InChI=1S/C13H21NO3/c1-13(2,14)8-9-6-10(15-3)12(17-5)11(7-9)16-4/h6-7H,8,14H2,1-5H3. The van der Waals surface area contributed by atoms with Crippen LogP contribution < -0.4 is 19.9 Å². The molecular weight excluding hydrogens is 218 g/mol. The zero-order chi connectivity index (χ0) is 13.1. The summed E-state index contributed by atoms with van der Waals surface area (Å²) in [6, 6.07) is 3.85. The van der Waals surface area contributed by atoms with Crippen LogP contribution in [0.15, 0.2) is 12.1 Å². The number of hydrogen-bond donors (Lipinski definition) is 1. The van der Waals surface area contributed by atoms with Gasteiger partial charge in [0.1, 0.15) is 0 Å². The molecule has 4 nitrogen and oxygen atoms in total. The lowest BCUT2D eigenvalue weighted by Gasteiger charge is -2.20. The minimum atomic E-state index is -0.273. The summed E-state index contributed by atoms with van der Waals surface area (Å²) >= 11 is 0. The second-order valence-corrected chi connectivity index (χ2v) is 4.70. The van der Waals surface area contributed by atoms with Crippen molar-refractivity contribution in [1.29, 1.82) is 0 Å². The Kier molecular flexibility index (Phi) is 4.23. The van der Waals surface area contributed by atoms with Gasteiger partial charge in [0.15, 0.2) is 11.5 Å². The lowest BCUT2D eigenvalue weighted by Crippen LogP contribution is -2.34. The largest absolute Gasteiger partial charge is 0.493 e. The van der Waals surface area contributed by atoms with Crippen LogP contribution in [0.5, 0.6) is 17.2 Å². The van der Waals surface area contributed by atoms with Crippen molar-refractivity contribution in [2.24, 2.45) is 5.73 Å². The summed E-state index contributed by atoms with van der Waals surface area (Å²) < 4.78 is 15.8. The molecule has 1 aromatic rings. The Morgan fingerprint density at radius 1 is 1.00 bits per heavy atom. The van der Waals surface area contributed by atoms with Gasteiger partial charge in [0.25, 0.3) is 0 Å². The van der Waals surface area contributed by atoms with E-state index in [1.54, 1.807) is 21.3 Å². The van der Waals surface area contributed by atoms with E-state index in [2.05, 4.69) is 0 Å². The average Bonchev–Trinajstić information content (AvgIpc) is 2.25. The molecule has 0 fully saturated rings. The van der Waals surface area contributed by atoms with Gasteiger partial charge in [-0.15, -0.1) is 0 Å². The third-order valence-electron chi connectivity index (χ3n) is 2.38. The van der Waals surface area contributed by atoms with Gasteiger partial charge in [-0.25, -0.2) is 0 Å². The highest BCUT2D eigenvalue weighted by molar-refractivity contribution is 5.54. The second kappa shape index (κ2) is 5.27. The fraction of sp³-hybridized carbons (Fsp3) is 0.538. The highest BCUT2D eigenvalue weighted by atomic mass is 16.5. The van der Waals surface area contributed by atoms with Gasteiger partial charge >= 0.3 is 0 Å². The molecule has 0 bridgehead atoms. The van der Waals surface area contributed by atoms with Crippen molar-refractivity contribution >= 4 is 0 Å². The van der Waals surface area contributed by atoms with Crippen LogP contribution in [-0.2, 0) is 6.42 Å². The highest BCUT2D eigenvalue weighted by Crippen LogP contribution is 2.38. The molecule has 1 rings (SSSR count). The summed E-state index contributed by atoms with van der Waals surface area (Å²) in [7, 11) is 4.80. The van der Waals surface area contributed by atoms with Crippen LogP contribution in [-0.4, -0.2) is 26.9 Å². The first-order chi connectivity index (χ1) is 7.91. The molecule has 0 aliphatic heterocycles. The van der Waals surface area contributed by atoms with Crippen LogP contribution in [0.25, 0.3) is 0 Å². The average molecular weight is 239 g/mol. The maximum atomic E-state index is 6.01. The Balaban J connectivity index is 3.18. The summed E-state index contributed by atoms with van der Waals surface area (Å²) in [6.45, 7) is 3.96. The summed E-state index contributed by atoms with van der Waals surface area (Å²) in [6.07, 6.45) is 0.740. The molecule has 2 N–H and O–H groups in total. The van der Waals surface area contributed by atoms with Gasteiger partial charge in [-0.05, 0) is 38.0 Å². The van der Waals surface area contributed by atoms with Crippen molar-refractivity contribution in [2.45, 2.75) is 25.8 Å². The fourth-order valence-electron chi connectivity index (χ4n) is 1.76. The fourth-order valence-corrected chi connectivity index (χ4v) is 1.76. The SMILES string of the molecule is COc1cc(CC(C)(C)N)cc(OC)c1OC. The van der Waals surface area contributed by atoms with Gasteiger partial charge in [-0.1, -0.05) is 0 Å². The van der Waals surface area contributed by atoms with E-state index in [1.807, 2.05) is 26.0 Å². The summed E-state index contributed by atoms with van der Waals surface area (Å²) in [4.78, 5) is 0. The highest BCUT2D eigenvalue weighted by Gasteiger charge is 2.17. The first-order valence-corrected chi connectivity index (χ1v) is 5.49. The Morgan fingerprint density at radius 3 is 1.76 bits per heavy atom. The quantitative estimate of drug-likeness (QED) is 0.853. The Bertz CT molecular complexity index is 358. The molecule has 96 valence electrons. The second-order valence-electron chi connectivity index (χ2n) is 4.70. The van der Waals surface area contributed by atoms with Crippen LogP contribution in [0.2, 0.25) is 0 Å². The normalized spacial score (nSPS) is 11.2. The molecule has 17 heavy (non-hydrogen) atoms. The molecular formula is C13H21NO3. The lowest BCUT2D eigenvalue weighted by molar-refractivity contribution is 0.323. The number of rotatable bonds is 5. The summed E-state index contributed by atoms with van der Waals surface area (Å²) in [5.74, 6) is 1.92. The Morgan fingerprint density at radius 2 is 1.47 bits per heavy atom. The first-order valence-electron chi connectivity index (χ1n) is 5.49. The van der Waals surface area contributed by atoms with E-state index in [-0.39, 0.29) is 5.54 Å². The molecule has 0 amide bonds. The van der Waals surface area contributed by atoms with E-state index in [9.17, 15) is 0 Å². The van der Waals surface area contributed by atoms with E-state index in [4.69, 9.17) is 19.9 Å². The van der Waals surface area contributed by atoms with E-state index in [0.29, 0.717) is 17.2 Å². The van der Waals surface area contributed by atoms with E-state index >= 15 is 0 Å². The lowest BCUT2D eigenvalue weighted by atomic mass is 9.96. The molecule has 0 spiro atoms. The van der Waals surface area contributed by atoms with Crippen molar-refractivity contribution in [3.05, 3.63) is 17.7 Å². The van der Waals surface area contributed by atoms with Gasteiger partial charge in [-0.3, -0.25) is 0 Å². The molecule has 0 aliphatic carbocycles. The van der Waals surface area contributed by atoms with Crippen molar-refractivity contribution in [2.75, 3.05) is 21.3 Å². The summed E-state index contributed by atoms with van der Waals surface area (Å²) in [5.41, 5.74) is 6.80. The van der Waals surface area contributed by atoms with Crippen LogP contribution in [0, 0.1) is 0 Å². The number of ether oxygens (including phenoxy) is 3. The van der Waals surface area contributed by atoms with Crippen LogP contribution in [0.4, 0.5) is 0 Å². The van der Waals surface area contributed by atoms with Crippen molar-refractivity contribution < 1.29 is 14.2 Å². The molecule has 0 heterocycles. The molecule has 4 heteroatoms. The van der Waals surface area contributed by atoms with E-state index in [1.165, 1.54) is 0 Å². The maximum absolute atomic E-state index is 6.01. The van der Waals surface area contributed by atoms with E-state index in [0.717, 1.165) is 12.0 Å². The monoisotopic (exact) mass is 239 g/mol. The summed E-state index contributed by atoms with van der Waals surface area (Å²) in [5, 5.41) is 0. The number of nitrogens with two attached hydrogens (primary N) is 1. The minimum Gasteiger partial charge on any atom is -0.493 e. The van der Waals surface area contributed by atoms with E-state index < -0.39 is 0 Å². The van der Waals surface area contributed by atoms with Crippen molar-refractivity contribution in [3.8, 4) is 17.2 Å². The molecule has 1 aromatic carbocycles.